The quantitative estimate of drug-likeness (QED) is 0.855. The Bertz CT molecular complexity index is 424. The maximum atomic E-state index is 5.59. The third-order valence-corrected chi connectivity index (χ3v) is 2.28. The number of nitrogens with zero attached hydrogens (tertiary/aromatic N) is 2. The van der Waals surface area contributed by atoms with E-state index in [1.807, 2.05) is 12.1 Å². The average molecular weight is 253 g/mol. The summed E-state index contributed by atoms with van der Waals surface area (Å²) in [5.74, 6) is 0. The van der Waals surface area contributed by atoms with Crippen LogP contribution in [0.15, 0.2) is 29.3 Å². The van der Waals surface area contributed by atoms with Crippen LogP contribution in [0.4, 0.5) is 0 Å². The number of pyridine rings is 1. The van der Waals surface area contributed by atoms with Crippen LogP contribution >= 0.6 is 15.9 Å². The summed E-state index contributed by atoms with van der Waals surface area (Å²) < 4.78 is 0.699. The summed E-state index contributed by atoms with van der Waals surface area (Å²) in [4.78, 5) is 11.3. The van der Waals surface area contributed by atoms with Crippen molar-refractivity contribution in [3.8, 4) is 11.3 Å². The van der Waals surface area contributed by atoms with Gasteiger partial charge in [0.05, 0.1) is 11.4 Å². The molecule has 0 aliphatic carbocycles. The van der Waals surface area contributed by atoms with Crippen molar-refractivity contribution in [2.75, 3.05) is 0 Å². The number of imidazole rings is 1. The molecule has 0 saturated heterocycles. The zero-order chi connectivity index (χ0) is 9.97. The van der Waals surface area contributed by atoms with Crippen molar-refractivity contribution in [3.63, 3.8) is 0 Å². The molecule has 0 fully saturated rings. The van der Waals surface area contributed by atoms with Crippen LogP contribution in [0, 0.1) is 0 Å². The second-order valence-corrected chi connectivity index (χ2v) is 3.55. The highest BCUT2D eigenvalue weighted by atomic mass is 79.9. The highest BCUT2D eigenvalue weighted by molar-refractivity contribution is 9.10. The molecule has 0 saturated carbocycles. The lowest BCUT2D eigenvalue weighted by Crippen LogP contribution is -1.98. The number of nitrogens with one attached hydrogen (secondary N) is 1. The van der Waals surface area contributed by atoms with Gasteiger partial charge in [0.1, 0.15) is 0 Å². The molecule has 0 spiro atoms. The summed E-state index contributed by atoms with van der Waals surface area (Å²) in [6.45, 7) is 0.441. The molecule has 0 radical (unpaired) electrons. The summed E-state index contributed by atoms with van der Waals surface area (Å²) in [5, 5.41) is 0. The molecule has 0 aliphatic rings. The minimum absolute atomic E-state index is 0.441. The van der Waals surface area contributed by atoms with Gasteiger partial charge in [-0.3, -0.25) is 4.98 Å². The van der Waals surface area contributed by atoms with E-state index < -0.39 is 0 Å². The number of aromatic amines is 1. The Morgan fingerprint density at radius 2 is 2.07 bits per heavy atom. The molecule has 0 amide bonds. The third-order valence-electron chi connectivity index (χ3n) is 1.91. The van der Waals surface area contributed by atoms with Gasteiger partial charge in [-0.2, -0.15) is 0 Å². The summed E-state index contributed by atoms with van der Waals surface area (Å²) in [6, 6.07) is 3.81. The van der Waals surface area contributed by atoms with Crippen molar-refractivity contribution in [2.24, 2.45) is 5.73 Å². The van der Waals surface area contributed by atoms with E-state index in [0.717, 1.165) is 17.0 Å². The SMILES string of the molecule is NCc1[nH]c(Br)nc1-c1ccncc1. The van der Waals surface area contributed by atoms with Crippen molar-refractivity contribution >= 4 is 15.9 Å². The van der Waals surface area contributed by atoms with Crippen molar-refractivity contribution in [1.82, 2.24) is 15.0 Å². The fourth-order valence-electron chi connectivity index (χ4n) is 1.27. The van der Waals surface area contributed by atoms with Crippen LogP contribution < -0.4 is 5.73 Å². The molecular formula is C9H9BrN4. The van der Waals surface area contributed by atoms with Crippen LogP contribution in [0.2, 0.25) is 0 Å². The first-order chi connectivity index (χ1) is 6.81. The monoisotopic (exact) mass is 252 g/mol. The molecule has 0 aromatic carbocycles. The molecule has 0 aliphatic heterocycles. The van der Waals surface area contributed by atoms with E-state index in [9.17, 15) is 0 Å². The Kier molecular flexibility index (Phi) is 2.60. The molecule has 72 valence electrons. The van der Waals surface area contributed by atoms with E-state index in [1.54, 1.807) is 12.4 Å². The number of hydrogen-bond donors (Lipinski definition) is 2. The number of nitrogens with two attached hydrogens (primary N) is 1. The van der Waals surface area contributed by atoms with Gasteiger partial charge in [-0.1, -0.05) is 0 Å². The number of aromatic nitrogens is 3. The first-order valence-corrected chi connectivity index (χ1v) is 4.95. The molecule has 5 heteroatoms. The highest BCUT2D eigenvalue weighted by Gasteiger charge is 2.08. The summed E-state index contributed by atoms with van der Waals surface area (Å²) in [6.07, 6.45) is 3.47. The molecule has 3 N–H and O–H groups in total. The van der Waals surface area contributed by atoms with Gasteiger partial charge < -0.3 is 10.7 Å². The molecular weight excluding hydrogens is 244 g/mol. The predicted molar refractivity (Wildman–Crippen MR) is 57.4 cm³/mol. The maximum absolute atomic E-state index is 5.59. The average Bonchev–Trinajstić information content (AvgIpc) is 2.61. The lowest BCUT2D eigenvalue weighted by atomic mass is 10.1. The van der Waals surface area contributed by atoms with Gasteiger partial charge in [0.2, 0.25) is 0 Å². The topological polar surface area (TPSA) is 67.6 Å². The fourth-order valence-corrected chi connectivity index (χ4v) is 1.69. The molecule has 4 nitrogen and oxygen atoms in total. The van der Waals surface area contributed by atoms with E-state index in [4.69, 9.17) is 5.73 Å². The van der Waals surface area contributed by atoms with Gasteiger partial charge in [0.25, 0.3) is 0 Å². The minimum Gasteiger partial charge on any atom is -0.335 e. The highest BCUT2D eigenvalue weighted by Crippen LogP contribution is 2.22. The lowest BCUT2D eigenvalue weighted by Gasteiger charge is -1.98. The van der Waals surface area contributed by atoms with Crippen molar-refractivity contribution in [1.29, 1.82) is 0 Å². The minimum atomic E-state index is 0.441. The molecule has 2 rings (SSSR count). The Hall–Kier alpha value is -1.20. The summed E-state index contributed by atoms with van der Waals surface area (Å²) in [5.41, 5.74) is 8.41. The predicted octanol–water partition coefficient (Wildman–Crippen LogP) is 1.69. The fraction of sp³-hybridized carbons (Fsp3) is 0.111. The van der Waals surface area contributed by atoms with Crippen molar-refractivity contribution < 1.29 is 0 Å². The molecule has 2 aromatic heterocycles. The zero-order valence-electron chi connectivity index (χ0n) is 7.37. The van der Waals surface area contributed by atoms with E-state index in [2.05, 4.69) is 30.9 Å². The Balaban J connectivity index is 2.51. The van der Waals surface area contributed by atoms with Crippen molar-refractivity contribution in [3.05, 3.63) is 35.0 Å². The Morgan fingerprint density at radius 1 is 1.36 bits per heavy atom. The van der Waals surface area contributed by atoms with Gasteiger partial charge in [-0.15, -0.1) is 0 Å². The maximum Gasteiger partial charge on any atom is 0.175 e. The van der Waals surface area contributed by atoms with E-state index >= 15 is 0 Å². The Morgan fingerprint density at radius 3 is 2.71 bits per heavy atom. The molecule has 14 heavy (non-hydrogen) atoms. The third kappa shape index (κ3) is 1.69. The largest absolute Gasteiger partial charge is 0.335 e. The van der Waals surface area contributed by atoms with Gasteiger partial charge in [0.15, 0.2) is 4.73 Å². The van der Waals surface area contributed by atoms with Crippen LogP contribution in [0.5, 0.6) is 0 Å². The van der Waals surface area contributed by atoms with Crippen molar-refractivity contribution in [2.45, 2.75) is 6.54 Å². The van der Waals surface area contributed by atoms with Gasteiger partial charge in [-0.05, 0) is 28.1 Å². The molecule has 0 atom stereocenters. The smallest absolute Gasteiger partial charge is 0.175 e. The number of halogens is 1. The van der Waals surface area contributed by atoms with E-state index in [-0.39, 0.29) is 0 Å². The number of hydrogen-bond acceptors (Lipinski definition) is 3. The second kappa shape index (κ2) is 3.89. The molecule has 0 unspecified atom stereocenters. The summed E-state index contributed by atoms with van der Waals surface area (Å²) >= 11 is 3.28. The second-order valence-electron chi connectivity index (χ2n) is 2.79. The first-order valence-electron chi connectivity index (χ1n) is 4.16. The summed E-state index contributed by atoms with van der Waals surface area (Å²) in [7, 11) is 0. The van der Waals surface area contributed by atoms with Crippen LogP contribution in [-0.2, 0) is 6.54 Å². The van der Waals surface area contributed by atoms with E-state index in [0.29, 0.717) is 11.3 Å². The van der Waals surface area contributed by atoms with Crippen LogP contribution in [0.1, 0.15) is 5.69 Å². The van der Waals surface area contributed by atoms with Crippen LogP contribution in [-0.4, -0.2) is 15.0 Å². The van der Waals surface area contributed by atoms with E-state index in [1.165, 1.54) is 0 Å². The van der Waals surface area contributed by atoms with Crippen LogP contribution in [0.3, 0.4) is 0 Å². The molecule has 0 bridgehead atoms. The van der Waals surface area contributed by atoms with Crippen LogP contribution in [0.25, 0.3) is 11.3 Å². The number of rotatable bonds is 2. The number of H-pyrrole nitrogens is 1. The lowest BCUT2D eigenvalue weighted by molar-refractivity contribution is 1.01. The van der Waals surface area contributed by atoms with Gasteiger partial charge in [-0.25, -0.2) is 4.98 Å². The first kappa shape index (κ1) is 9.36. The normalized spacial score (nSPS) is 10.4. The Labute approximate surface area is 89.7 Å². The standard InChI is InChI=1S/C9H9BrN4/c10-9-13-7(5-11)8(14-9)6-1-3-12-4-2-6/h1-4H,5,11H2,(H,13,14). The van der Waals surface area contributed by atoms with Gasteiger partial charge in [0, 0.05) is 24.5 Å². The molecule has 2 heterocycles. The van der Waals surface area contributed by atoms with Gasteiger partial charge >= 0.3 is 0 Å². The molecule has 2 aromatic rings. The zero-order valence-corrected chi connectivity index (χ0v) is 8.95.